The molecule has 0 bridgehead atoms. The molecule has 2 atom stereocenters. The molecule has 15 heavy (non-hydrogen) atoms. The summed E-state index contributed by atoms with van der Waals surface area (Å²) in [6, 6.07) is 0. The molecule has 0 amide bonds. The Bertz CT molecular complexity index is 199. The minimum Gasteiger partial charge on any atom is -0.393 e. The lowest BCUT2D eigenvalue weighted by molar-refractivity contribution is 0.0878. The minimum absolute atomic E-state index is 0.190. The molecule has 0 radical (unpaired) electrons. The number of aliphatic hydroxyl groups is 1. The van der Waals surface area contributed by atoms with Crippen LogP contribution in [0.25, 0.3) is 0 Å². The Labute approximate surface area is 93.3 Å². The van der Waals surface area contributed by atoms with Crippen LogP contribution in [0.1, 0.15) is 45.4 Å². The highest BCUT2D eigenvalue weighted by molar-refractivity contribution is 5.06. The van der Waals surface area contributed by atoms with Gasteiger partial charge < -0.3 is 9.84 Å². The molecule has 1 N–H and O–H groups in total. The number of hydrogen-bond acceptors (Lipinski definition) is 2. The molecule has 0 spiro atoms. The first-order chi connectivity index (χ1) is 7.24. The van der Waals surface area contributed by atoms with Gasteiger partial charge in [-0.3, -0.25) is 0 Å². The Morgan fingerprint density at radius 3 is 2.87 bits per heavy atom. The summed E-state index contributed by atoms with van der Waals surface area (Å²) in [4.78, 5) is 0. The van der Waals surface area contributed by atoms with Crippen molar-refractivity contribution in [3.63, 3.8) is 0 Å². The van der Waals surface area contributed by atoms with Gasteiger partial charge >= 0.3 is 0 Å². The predicted octanol–water partition coefficient (Wildman–Crippen LogP) is 2.91. The van der Waals surface area contributed by atoms with Crippen molar-refractivity contribution in [1.82, 2.24) is 0 Å². The molecular weight excluding hydrogens is 188 g/mol. The van der Waals surface area contributed by atoms with Crippen molar-refractivity contribution < 1.29 is 9.84 Å². The Kier molecular flexibility index (Phi) is 5.96. The van der Waals surface area contributed by atoms with E-state index in [-0.39, 0.29) is 6.10 Å². The summed E-state index contributed by atoms with van der Waals surface area (Å²) in [7, 11) is 1.71. The first kappa shape index (κ1) is 12.7. The van der Waals surface area contributed by atoms with Crippen molar-refractivity contribution in [2.45, 2.75) is 51.6 Å². The summed E-state index contributed by atoms with van der Waals surface area (Å²) in [5.74, 6) is 0.341. The van der Waals surface area contributed by atoms with E-state index in [9.17, 15) is 5.11 Å². The molecule has 0 aromatic rings. The van der Waals surface area contributed by atoms with Gasteiger partial charge in [-0.05, 0) is 44.4 Å². The highest BCUT2D eigenvalue weighted by Crippen LogP contribution is 2.24. The van der Waals surface area contributed by atoms with Gasteiger partial charge in [-0.25, -0.2) is 0 Å². The maximum atomic E-state index is 10.0. The highest BCUT2D eigenvalue weighted by Gasteiger charge is 2.16. The lowest BCUT2D eigenvalue weighted by Crippen LogP contribution is -2.20. The molecule has 88 valence electrons. The van der Waals surface area contributed by atoms with E-state index in [1.165, 1.54) is 31.3 Å². The third-order valence-corrected chi connectivity index (χ3v) is 3.29. The van der Waals surface area contributed by atoms with Gasteiger partial charge in [-0.15, -0.1) is 0 Å². The van der Waals surface area contributed by atoms with Gasteiger partial charge in [0.2, 0.25) is 0 Å². The molecule has 1 aliphatic rings. The zero-order valence-corrected chi connectivity index (χ0v) is 10.0. The van der Waals surface area contributed by atoms with Crippen molar-refractivity contribution in [3.8, 4) is 0 Å². The fraction of sp³-hybridized carbons (Fsp3) is 0.846. The zero-order valence-electron chi connectivity index (χ0n) is 10.0. The van der Waals surface area contributed by atoms with Crippen molar-refractivity contribution in [1.29, 1.82) is 0 Å². The Hall–Kier alpha value is -0.340. The van der Waals surface area contributed by atoms with E-state index < -0.39 is 0 Å². The molecule has 2 heteroatoms. The van der Waals surface area contributed by atoms with E-state index in [0.717, 1.165) is 19.4 Å². The van der Waals surface area contributed by atoms with Crippen molar-refractivity contribution in [2.75, 3.05) is 13.7 Å². The summed E-state index contributed by atoms with van der Waals surface area (Å²) in [6.07, 6.45) is 8.95. The van der Waals surface area contributed by atoms with Crippen LogP contribution in [0.4, 0.5) is 0 Å². The number of methoxy groups -OCH3 is 1. The molecule has 0 aliphatic heterocycles. The van der Waals surface area contributed by atoms with Crippen LogP contribution in [0.15, 0.2) is 11.6 Å². The van der Waals surface area contributed by atoms with Gasteiger partial charge in [0.05, 0.1) is 6.10 Å². The lowest BCUT2D eigenvalue weighted by Gasteiger charge is -2.21. The van der Waals surface area contributed by atoms with E-state index >= 15 is 0 Å². The quantitative estimate of drug-likeness (QED) is 0.686. The molecule has 0 fully saturated rings. The predicted molar refractivity (Wildman–Crippen MR) is 62.8 cm³/mol. The van der Waals surface area contributed by atoms with Gasteiger partial charge in [0.15, 0.2) is 0 Å². The Balaban J connectivity index is 2.26. The van der Waals surface area contributed by atoms with Gasteiger partial charge in [0, 0.05) is 13.7 Å². The molecule has 0 aromatic carbocycles. The number of allylic oxidation sites excluding steroid dienone is 1. The minimum atomic E-state index is -0.190. The second-order valence-corrected chi connectivity index (χ2v) is 4.64. The van der Waals surface area contributed by atoms with Crippen LogP contribution in [-0.4, -0.2) is 24.9 Å². The first-order valence-electron chi connectivity index (χ1n) is 6.09. The molecule has 0 heterocycles. The molecule has 1 aliphatic carbocycles. The van der Waals surface area contributed by atoms with E-state index in [4.69, 9.17) is 4.74 Å². The van der Waals surface area contributed by atoms with E-state index in [2.05, 4.69) is 13.0 Å². The molecule has 1 rings (SSSR count). The maximum Gasteiger partial charge on any atom is 0.0603 e. The average molecular weight is 212 g/mol. The monoisotopic (exact) mass is 212 g/mol. The summed E-state index contributed by atoms with van der Waals surface area (Å²) in [5.41, 5.74) is 1.46. The van der Waals surface area contributed by atoms with Crippen molar-refractivity contribution in [3.05, 3.63) is 11.6 Å². The third kappa shape index (κ3) is 4.80. The van der Waals surface area contributed by atoms with E-state index in [1.807, 2.05) is 0 Å². The van der Waals surface area contributed by atoms with Crippen LogP contribution >= 0.6 is 0 Å². The Morgan fingerprint density at radius 1 is 1.47 bits per heavy atom. The second kappa shape index (κ2) is 7.02. The van der Waals surface area contributed by atoms with Crippen LogP contribution in [-0.2, 0) is 4.74 Å². The van der Waals surface area contributed by atoms with E-state index in [0.29, 0.717) is 5.92 Å². The zero-order chi connectivity index (χ0) is 11.1. The summed E-state index contributed by atoms with van der Waals surface area (Å²) in [6.45, 7) is 2.85. The van der Waals surface area contributed by atoms with Crippen LogP contribution < -0.4 is 0 Å². The van der Waals surface area contributed by atoms with Gasteiger partial charge in [0.25, 0.3) is 0 Å². The number of rotatable bonds is 6. The smallest absolute Gasteiger partial charge is 0.0603 e. The van der Waals surface area contributed by atoms with Crippen LogP contribution in [0, 0.1) is 5.92 Å². The van der Waals surface area contributed by atoms with Crippen molar-refractivity contribution in [2.24, 2.45) is 5.92 Å². The summed E-state index contributed by atoms with van der Waals surface area (Å²) in [5, 5.41) is 10.0. The SMILES string of the molecule is COCCC(C)C(O)CC1=CCCCC1. The second-order valence-electron chi connectivity index (χ2n) is 4.64. The maximum absolute atomic E-state index is 10.0. The number of hydrogen-bond donors (Lipinski definition) is 1. The molecule has 0 aromatic heterocycles. The Morgan fingerprint density at radius 2 is 2.27 bits per heavy atom. The molecule has 2 unspecified atom stereocenters. The fourth-order valence-corrected chi connectivity index (χ4v) is 2.06. The third-order valence-electron chi connectivity index (χ3n) is 3.29. The average Bonchev–Trinajstić information content (AvgIpc) is 2.27. The lowest BCUT2D eigenvalue weighted by atomic mass is 9.90. The summed E-state index contributed by atoms with van der Waals surface area (Å²) >= 11 is 0. The van der Waals surface area contributed by atoms with Crippen LogP contribution in [0.3, 0.4) is 0 Å². The van der Waals surface area contributed by atoms with Crippen LogP contribution in [0.2, 0.25) is 0 Å². The standard InChI is InChI=1S/C13H24O2/c1-11(8-9-15-2)13(14)10-12-6-4-3-5-7-12/h6,11,13-14H,3-5,7-10H2,1-2H3. The first-order valence-corrected chi connectivity index (χ1v) is 6.09. The van der Waals surface area contributed by atoms with Crippen LogP contribution in [0.5, 0.6) is 0 Å². The number of ether oxygens (including phenoxy) is 1. The topological polar surface area (TPSA) is 29.5 Å². The van der Waals surface area contributed by atoms with Gasteiger partial charge in [0.1, 0.15) is 0 Å². The molecular formula is C13H24O2. The molecule has 2 nitrogen and oxygen atoms in total. The van der Waals surface area contributed by atoms with Crippen molar-refractivity contribution >= 4 is 0 Å². The largest absolute Gasteiger partial charge is 0.393 e. The normalized spacial score (nSPS) is 20.9. The van der Waals surface area contributed by atoms with E-state index in [1.54, 1.807) is 7.11 Å². The van der Waals surface area contributed by atoms with Gasteiger partial charge in [-0.1, -0.05) is 18.6 Å². The molecule has 0 saturated carbocycles. The number of aliphatic hydroxyl groups excluding tert-OH is 1. The highest BCUT2D eigenvalue weighted by atomic mass is 16.5. The summed E-state index contributed by atoms with van der Waals surface area (Å²) < 4.78 is 5.03. The van der Waals surface area contributed by atoms with Gasteiger partial charge in [-0.2, -0.15) is 0 Å². The molecule has 0 saturated heterocycles. The fourth-order valence-electron chi connectivity index (χ4n) is 2.06.